The standard InChI is InChI=1S/C8H9N2O/c9-5-7-3-1-2-4-8(7)6-11-10/h1-4H,6H2,10H3/q+1. The number of quaternary nitrogens is 1. The highest BCUT2D eigenvalue weighted by Crippen LogP contribution is 2.06. The van der Waals surface area contributed by atoms with Crippen molar-refractivity contribution in [3.8, 4) is 6.07 Å². The SMILES string of the molecule is N#Cc1ccccc1CO[NH3+]. The largest absolute Gasteiger partial charge is 0.212 e. The van der Waals surface area contributed by atoms with Gasteiger partial charge in [0, 0.05) is 5.56 Å². The molecule has 0 heterocycles. The summed E-state index contributed by atoms with van der Waals surface area (Å²) in [5.41, 5.74) is 1.53. The number of nitrogens with zero attached hydrogens (tertiary/aromatic N) is 1. The van der Waals surface area contributed by atoms with Gasteiger partial charge in [0.05, 0.1) is 11.6 Å². The highest BCUT2D eigenvalue weighted by molar-refractivity contribution is 5.36. The average Bonchev–Trinajstić information content (AvgIpc) is 2.06. The summed E-state index contributed by atoms with van der Waals surface area (Å²) in [5.74, 6) is 3.25. The Labute approximate surface area is 65.0 Å². The van der Waals surface area contributed by atoms with E-state index in [9.17, 15) is 0 Å². The maximum Gasteiger partial charge on any atom is 0.132 e. The molecular formula is C8H9N2O+. The van der Waals surface area contributed by atoms with Gasteiger partial charge in [-0.1, -0.05) is 18.2 Å². The first kappa shape index (κ1) is 7.73. The maximum atomic E-state index is 8.62. The van der Waals surface area contributed by atoms with Crippen molar-refractivity contribution < 1.29 is 10.7 Å². The van der Waals surface area contributed by atoms with Gasteiger partial charge in [-0.2, -0.15) is 5.26 Å². The van der Waals surface area contributed by atoms with E-state index >= 15 is 0 Å². The Morgan fingerprint density at radius 2 is 2.18 bits per heavy atom. The molecule has 0 spiro atoms. The van der Waals surface area contributed by atoms with Crippen molar-refractivity contribution in [3.05, 3.63) is 35.4 Å². The maximum absolute atomic E-state index is 8.62. The van der Waals surface area contributed by atoms with Crippen molar-refractivity contribution in [2.45, 2.75) is 6.61 Å². The molecule has 0 fully saturated rings. The van der Waals surface area contributed by atoms with E-state index in [1.165, 1.54) is 0 Å². The predicted octanol–water partition coefficient (Wildman–Crippen LogP) is 0.232. The zero-order chi connectivity index (χ0) is 8.10. The molecule has 1 rings (SSSR count). The number of benzene rings is 1. The van der Waals surface area contributed by atoms with Gasteiger partial charge in [-0.05, 0) is 6.07 Å². The summed E-state index contributed by atoms with van der Waals surface area (Å²) in [6.07, 6.45) is 0. The molecule has 0 aliphatic carbocycles. The van der Waals surface area contributed by atoms with Crippen LogP contribution in [0, 0.1) is 11.3 Å². The summed E-state index contributed by atoms with van der Waals surface area (Å²) in [4.78, 5) is 4.67. The molecule has 0 atom stereocenters. The van der Waals surface area contributed by atoms with Gasteiger partial charge in [0.2, 0.25) is 0 Å². The Kier molecular flexibility index (Phi) is 2.61. The van der Waals surface area contributed by atoms with Gasteiger partial charge in [0.1, 0.15) is 6.61 Å². The first-order valence-corrected chi connectivity index (χ1v) is 3.23. The third-order valence-electron chi connectivity index (χ3n) is 1.40. The van der Waals surface area contributed by atoms with Gasteiger partial charge >= 0.3 is 0 Å². The van der Waals surface area contributed by atoms with E-state index in [1.54, 1.807) is 6.07 Å². The van der Waals surface area contributed by atoms with Crippen LogP contribution in [-0.2, 0) is 11.4 Å². The fraction of sp³-hybridized carbons (Fsp3) is 0.125. The second-order valence-electron chi connectivity index (χ2n) is 2.12. The first-order valence-electron chi connectivity index (χ1n) is 3.23. The summed E-state index contributed by atoms with van der Waals surface area (Å²) in [6.45, 7) is 0.393. The van der Waals surface area contributed by atoms with E-state index in [4.69, 9.17) is 5.26 Å². The fourth-order valence-electron chi connectivity index (χ4n) is 0.865. The lowest BCUT2D eigenvalue weighted by Crippen LogP contribution is -2.48. The first-order chi connectivity index (χ1) is 5.38. The van der Waals surface area contributed by atoms with Crippen LogP contribution in [0.15, 0.2) is 24.3 Å². The van der Waals surface area contributed by atoms with Crippen LogP contribution in [0.3, 0.4) is 0 Å². The van der Waals surface area contributed by atoms with Gasteiger partial charge in [0.15, 0.2) is 0 Å². The molecule has 0 radical (unpaired) electrons. The number of rotatable bonds is 2. The second kappa shape index (κ2) is 3.71. The summed E-state index contributed by atoms with van der Waals surface area (Å²) in [6, 6.07) is 9.38. The third-order valence-corrected chi connectivity index (χ3v) is 1.40. The number of hydrogen-bond donors (Lipinski definition) is 1. The van der Waals surface area contributed by atoms with Gasteiger partial charge in [-0.3, -0.25) is 0 Å². The van der Waals surface area contributed by atoms with E-state index in [0.29, 0.717) is 12.2 Å². The molecule has 0 aliphatic heterocycles. The molecule has 0 aliphatic rings. The second-order valence-corrected chi connectivity index (χ2v) is 2.12. The van der Waals surface area contributed by atoms with Crippen molar-refractivity contribution in [2.24, 2.45) is 0 Å². The minimum Gasteiger partial charge on any atom is -0.212 e. The molecule has 0 saturated heterocycles. The smallest absolute Gasteiger partial charge is 0.132 e. The molecule has 1 aromatic rings. The summed E-state index contributed by atoms with van der Waals surface area (Å²) in [7, 11) is 0. The Morgan fingerprint density at radius 1 is 1.45 bits per heavy atom. The predicted molar refractivity (Wildman–Crippen MR) is 38.8 cm³/mol. The minimum absolute atomic E-state index is 0.393. The molecule has 3 heteroatoms. The average molecular weight is 149 g/mol. The highest BCUT2D eigenvalue weighted by Gasteiger charge is 1.99. The summed E-state index contributed by atoms with van der Waals surface area (Å²) < 4.78 is 0. The van der Waals surface area contributed by atoms with Crippen molar-refractivity contribution in [2.75, 3.05) is 0 Å². The van der Waals surface area contributed by atoms with E-state index in [1.807, 2.05) is 18.2 Å². The quantitative estimate of drug-likeness (QED) is 0.612. The molecule has 0 aromatic heterocycles. The van der Waals surface area contributed by atoms with E-state index in [2.05, 4.69) is 16.8 Å². The molecule has 56 valence electrons. The Bertz CT molecular complexity index is 278. The van der Waals surface area contributed by atoms with Gasteiger partial charge in [-0.15, -0.1) is 0 Å². The van der Waals surface area contributed by atoms with Gasteiger partial charge in [0.25, 0.3) is 0 Å². The van der Waals surface area contributed by atoms with Crippen LogP contribution in [0.4, 0.5) is 0 Å². The van der Waals surface area contributed by atoms with Crippen LogP contribution in [0.25, 0.3) is 0 Å². The van der Waals surface area contributed by atoms with Crippen LogP contribution in [0.5, 0.6) is 0 Å². The van der Waals surface area contributed by atoms with Crippen molar-refractivity contribution in [3.63, 3.8) is 0 Å². The minimum atomic E-state index is 0.393. The zero-order valence-corrected chi connectivity index (χ0v) is 6.08. The third kappa shape index (κ3) is 1.77. The van der Waals surface area contributed by atoms with E-state index in [0.717, 1.165) is 5.56 Å². The highest BCUT2D eigenvalue weighted by atomic mass is 16.6. The van der Waals surface area contributed by atoms with Crippen LogP contribution in [-0.4, -0.2) is 0 Å². The van der Waals surface area contributed by atoms with Crippen LogP contribution < -0.4 is 5.90 Å². The van der Waals surface area contributed by atoms with E-state index < -0.39 is 0 Å². The molecule has 1 aromatic carbocycles. The van der Waals surface area contributed by atoms with Crippen molar-refractivity contribution >= 4 is 0 Å². The zero-order valence-electron chi connectivity index (χ0n) is 6.08. The van der Waals surface area contributed by atoms with Gasteiger partial charge < -0.3 is 0 Å². The molecule has 0 amide bonds. The van der Waals surface area contributed by atoms with Crippen LogP contribution in [0.2, 0.25) is 0 Å². The lowest BCUT2D eigenvalue weighted by atomic mass is 10.1. The van der Waals surface area contributed by atoms with Crippen LogP contribution >= 0.6 is 0 Å². The molecule has 3 nitrogen and oxygen atoms in total. The molecule has 0 unspecified atom stereocenters. The lowest BCUT2D eigenvalue weighted by Gasteiger charge is -1.97. The van der Waals surface area contributed by atoms with Crippen molar-refractivity contribution in [1.82, 2.24) is 0 Å². The van der Waals surface area contributed by atoms with Crippen LogP contribution in [0.1, 0.15) is 11.1 Å². The Hall–Kier alpha value is -1.37. The monoisotopic (exact) mass is 149 g/mol. The topological polar surface area (TPSA) is 60.7 Å². The van der Waals surface area contributed by atoms with E-state index in [-0.39, 0.29) is 0 Å². The normalized spacial score (nSPS) is 9.09. The molecule has 0 bridgehead atoms. The fourth-order valence-corrected chi connectivity index (χ4v) is 0.865. The number of nitriles is 1. The summed E-state index contributed by atoms with van der Waals surface area (Å²) in [5, 5.41) is 8.62. The molecule has 3 N–H and O–H groups in total. The summed E-state index contributed by atoms with van der Waals surface area (Å²) >= 11 is 0. The number of hydrogen-bond acceptors (Lipinski definition) is 2. The Balaban J connectivity index is 2.95. The lowest BCUT2D eigenvalue weighted by molar-refractivity contribution is -0.695. The Morgan fingerprint density at radius 3 is 2.82 bits per heavy atom. The van der Waals surface area contributed by atoms with Gasteiger partial charge in [-0.25, -0.2) is 10.7 Å². The molecule has 0 saturated carbocycles. The van der Waals surface area contributed by atoms with Crippen molar-refractivity contribution in [1.29, 1.82) is 5.26 Å². The molecular weight excluding hydrogens is 140 g/mol. The molecule has 11 heavy (non-hydrogen) atoms.